The average Bonchev–Trinajstić information content (AvgIpc) is 2.33. The fourth-order valence-electron chi connectivity index (χ4n) is 1.54. The number of hydrogen-bond acceptors (Lipinski definition) is 3. The second-order valence-corrected chi connectivity index (χ2v) is 6.18. The van der Waals surface area contributed by atoms with Gasteiger partial charge in [-0.2, -0.15) is 0 Å². The van der Waals surface area contributed by atoms with E-state index in [1.54, 1.807) is 0 Å². The first-order chi connectivity index (χ1) is 8.76. The van der Waals surface area contributed by atoms with Crippen molar-refractivity contribution in [2.45, 2.75) is 47.0 Å². The normalized spacial score (nSPS) is 11.5. The Balaban J connectivity index is 3.83. The van der Waals surface area contributed by atoms with Crippen LogP contribution in [0.25, 0.3) is 0 Å². The van der Waals surface area contributed by atoms with Crippen molar-refractivity contribution in [1.29, 1.82) is 0 Å². The minimum Gasteiger partial charge on any atom is -0.356 e. The maximum atomic E-state index is 11.6. The monoisotopic (exact) mass is 271 g/mol. The van der Waals surface area contributed by atoms with Gasteiger partial charge in [-0.3, -0.25) is 9.59 Å². The smallest absolute Gasteiger partial charge is 0.233 e. The molecule has 0 rings (SSSR count). The molecule has 0 fully saturated rings. The van der Waals surface area contributed by atoms with Crippen LogP contribution in [0, 0.1) is 11.3 Å². The van der Waals surface area contributed by atoms with Gasteiger partial charge in [0.15, 0.2) is 0 Å². The third-order valence-electron chi connectivity index (χ3n) is 3.02. The SMILES string of the molecule is CC(C)CCNC(=O)CCC(C)(C)CNC(=O)CN. The highest BCUT2D eigenvalue weighted by Crippen LogP contribution is 2.20. The van der Waals surface area contributed by atoms with E-state index in [0.717, 1.165) is 19.4 Å². The van der Waals surface area contributed by atoms with Crippen LogP contribution in [-0.2, 0) is 9.59 Å². The van der Waals surface area contributed by atoms with Crippen molar-refractivity contribution in [3.63, 3.8) is 0 Å². The van der Waals surface area contributed by atoms with Crippen molar-refractivity contribution in [3.8, 4) is 0 Å². The predicted octanol–water partition coefficient (Wildman–Crippen LogP) is 1.03. The molecule has 5 heteroatoms. The van der Waals surface area contributed by atoms with Gasteiger partial charge in [0.25, 0.3) is 0 Å². The summed E-state index contributed by atoms with van der Waals surface area (Å²) in [7, 11) is 0. The lowest BCUT2D eigenvalue weighted by Gasteiger charge is -2.24. The van der Waals surface area contributed by atoms with Gasteiger partial charge in [0.1, 0.15) is 0 Å². The van der Waals surface area contributed by atoms with E-state index >= 15 is 0 Å². The molecule has 0 aromatic heterocycles. The summed E-state index contributed by atoms with van der Waals surface area (Å²) in [6, 6.07) is 0. The van der Waals surface area contributed by atoms with Gasteiger partial charge in [-0.05, 0) is 24.2 Å². The molecule has 4 N–H and O–H groups in total. The van der Waals surface area contributed by atoms with Gasteiger partial charge in [-0.15, -0.1) is 0 Å². The van der Waals surface area contributed by atoms with E-state index in [0.29, 0.717) is 18.9 Å². The molecule has 0 aliphatic heterocycles. The van der Waals surface area contributed by atoms with Crippen LogP contribution in [-0.4, -0.2) is 31.4 Å². The lowest BCUT2D eigenvalue weighted by atomic mass is 9.87. The molecular weight excluding hydrogens is 242 g/mol. The highest BCUT2D eigenvalue weighted by atomic mass is 16.2. The van der Waals surface area contributed by atoms with Crippen LogP contribution >= 0.6 is 0 Å². The highest BCUT2D eigenvalue weighted by molar-refractivity contribution is 5.77. The molecule has 5 nitrogen and oxygen atoms in total. The first kappa shape index (κ1) is 17.9. The molecule has 0 radical (unpaired) electrons. The van der Waals surface area contributed by atoms with E-state index in [1.165, 1.54) is 0 Å². The third-order valence-corrected chi connectivity index (χ3v) is 3.02. The topological polar surface area (TPSA) is 84.2 Å². The molecule has 0 aliphatic carbocycles. The second kappa shape index (κ2) is 8.91. The van der Waals surface area contributed by atoms with Gasteiger partial charge >= 0.3 is 0 Å². The summed E-state index contributed by atoms with van der Waals surface area (Å²) < 4.78 is 0. The van der Waals surface area contributed by atoms with Crippen LogP contribution in [0.15, 0.2) is 0 Å². The summed E-state index contributed by atoms with van der Waals surface area (Å²) in [6.07, 6.45) is 2.23. The average molecular weight is 271 g/mol. The van der Waals surface area contributed by atoms with Crippen LogP contribution in [0.4, 0.5) is 0 Å². The molecule has 0 aromatic carbocycles. The Morgan fingerprint density at radius 2 is 1.79 bits per heavy atom. The lowest BCUT2D eigenvalue weighted by Crippen LogP contribution is -2.38. The molecule has 0 atom stereocenters. The molecule has 0 aromatic rings. The van der Waals surface area contributed by atoms with Crippen molar-refractivity contribution >= 4 is 11.8 Å². The fraction of sp³-hybridized carbons (Fsp3) is 0.857. The second-order valence-electron chi connectivity index (χ2n) is 6.18. The van der Waals surface area contributed by atoms with Crippen LogP contribution in [0.5, 0.6) is 0 Å². The van der Waals surface area contributed by atoms with Crippen molar-refractivity contribution in [1.82, 2.24) is 10.6 Å². The first-order valence-corrected chi connectivity index (χ1v) is 7.00. The molecule has 0 heterocycles. The van der Waals surface area contributed by atoms with Crippen LogP contribution in [0.1, 0.15) is 47.0 Å². The van der Waals surface area contributed by atoms with E-state index in [9.17, 15) is 9.59 Å². The molecular formula is C14H29N3O2. The summed E-state index contributed by atoms with van der Waals surface area (Å²) in [5, 5.41) is 5.68. The zero-order valence-corrected chi connectivity index (χ0v) is 12.7. The lowest BCUT2D eigenvalue weighted by molar-refractivity contribution is -0.121. The van der Waals surface area contributed by atoms with Gasteiger partial charge < -0.3 is 16.4 Å². The third kappa shape index (κ3) is 10.5. The van der Waals surface area contributed by atoms with Crippen LogP contribution in [0.3, 0.4) is 0 Å². The zero-order chi connectivity index (χ0) is 14.9. The minimum atomic E-state index is -0.158. The Kier molecular flexibility index (Phi) is 8.39. The number of carbonyl (C=O) groups is 2. The standard InChI is InChI=1S/C14H29N3O2/c1-11(2)6-8-16-12(18)5-7-14(3,4)10-17-13(19)9-15/h11H,5-10,15H2,1-4H3,(H,16,18)(H,17,19). The number of rotatable bonds is 9. The Morgan fingerprint density at radius 1 is 1.16 bits per heavy atom. The molecule has 2 amide bonds. The number of carbonyl (C=O) groups excluding carboxylic acids is 2. The molecule has 0 saturated heterocycles. The molecule has 19 heavy (non-hydrogen) atoms. The summed E-state index contributed by atoms with van der Waals surface area (Å²) in [4.78, 5) is 22.7. The van der Waals surface area contributed by atoms with Crippen molar-refractivity contribution in [2.24, 2.45) is 17.1 Å². The van der Waals surface area contributed by atoms with E-state index in [-0.39, 0.29) is 23.8 Å². The fourth-order valence-corrected chi connectivity index (χ4v) is 1.54. The van der Waals surface area contributed by atoms with E-state index in [4.69, 9.17) is 5.73 Å². The Bertz CT molecular complexity index is 288. The van der Waals surface area contributed by atoms with Gasteiger partial charge in [0.2, 0.25) is 11.8 Å². The molecule has 0 bridgehead atoms. The van der Waals surface area contributed by atoms with Crippen molar-refractivity contribution in [3.05, 3.63) is 0 Å². The molecule has 0 unspecified atom stereocenters. The first-order valence-electron chi connectivity index (χ1n) is 7.00. The Hall–Kier alpha value is -1.10. The van der Waals surface area contributed by atoms with Crippen molar-refractivity contribution in [2.75, 3.05) is 19.6 Å². The highest BCUT2D eigenvalue weighted by Gasteiger charge is 2.19. The van der Waals surface area contributed by atoms with Gasteiger partial charge in [0, 0.05) is 19.5 Å². The summed E-state index contributed by atoms with van der Waals surface area (Å²) in [5.41, 5.74) is 5.13. The molecule has 112 valence electrons. The summed E-state index contributed by atoms with van der Waals surface area (Å²) in [5.74, 6) is 0.525. The quantitative estimate of drug-likeness (QED) is 0.585. The van der Waals surface area contributed by atoms with E-state index in [1.807, 2.05) is 13.8 Å². The minimum absolute atomic E-state index is 0.00572. The largest absolute Gasteiger partial charge is 0.356 e. The summed E-state index contributed by atoms with van der Waals surface area (Å²) >= 11 is 0. The molecule has 0 saturated carbocycles. The predicted molar refractivity (Wildman–Crippen MR) is 77.5 cm³/mol. The Labute approximate surface area is 116 Å². The van der Waals surface area contributed by atoms with Gasteiger partial charge in [-0.25, -0.2) is 0 Å². The number of nitrogens with two attached hydrogens (primary N) is 1. The zero-order valence-electron chi connectivity index (χ0n) is 12.7. The maximum absolute atomic E-state index is 11.6. The van der Waals surface area contributed by atoms with Gasteiger partial charge in [-0.1, -0.05) is 27.7 Å². The number of amides is 2. The Morgan fingerprint density at radius 3 is 2.32 bits per heavy atom. The summed E-state index contributed by atoms with van der Waals surface area (Å²) in [6.45, 7) is 9.62. The molecule has 0 spiro atoms. The van der Waals surface area contributed by atoms with E-state index < -0.39 is 0 Å². The van der Waals surface area contributed by atoms with Crippen LogP contribution < -0.4 is 16.4 Å². The maximum Gasteiger partial charge on any atom is 0.233 e. The van der Waals surface area contributed by atoms with Crippen LogP contribution in [0.2, 0.25) is 0 Å². The number of nitrogens with one attached hydrogen (secondary N) is 2. The number of hydrogen-bond donors (Lipinski definition) is 3. The van der Waals surface area contributed by atoms with Crippen molar-refractivity contribution < 1.29 is 9.59 Å². The molecule has 0 aliphatic rings. The van der Waals surface area contributed by atoms with Gasteiger partial charge in [0.05, 0.1) is 6.54 Å². The van der Waals surface area contributed by atoms with E-state index in [2.05, 4.69) is 24.5 Å².